The minimum atomic E-state index is -4.33. The number of alkyl halides is 3. The molecule has 0 N–H and O–H groups in total. The molecule has 0 saturated carbocycles. The maximum atomic E-state index is 12.7. The lowest BCUT2D eigenvalue weighted by atomic mass is 10.0. The van der Waals surface area contributed by atoms with Crippen LogP contribution >= 0.6 is 0 Å². The third kappa shape index (κ3) is 4.08. The number of hydroxylamine groups is 2. The molecule has 2 aromatic carbocycles. The molecule has 0 amide bonds. The van der Waals surface area contributed by atoms with Crippen LogP contribution in [0.3, 0.4) is 0 Å². The van der Waals surface area contributed by atoms with E-state index in [2.05, 4.69) is 0 Å². The first-order valence-corrected chi connectivity index (χ1v) is 7.02. The average molecular weight is 309 g/mol. The van der Waals surface area contributed by atoms with Crippen LogP contribution in [0.1, 0.15) is 29.7 Å². The Bertz CT molecular complexity index is 581. The zero-order valence-electron chi connectivity index (χ0n) is 12.5. The average Bonchev–Trinajstić information content (AvgIpc) is 2.52. The van der Waals surface area contributed by atoms with E-state index < -0.39 is 17.8 Å². The molecule has 2 aromatic rings. The van der Waals surface area contributed by atoms with Crippen LogP contribution in [-0.4, -0.2) is 18.7 Å². The van der Waals surface area contributed by atoms with Crippen LogP contribution in [0.4, 0.5) is 13.2 Å². The molecule has 0 aliphatic carbocycles. The van der Waals surface area contributed by atoms with Crippen molar-refractivity contribution >= 4 is 0 Å². The van der Waals surface area contributed by atoms with Gasteiger partial charge < -0.3 is 0 Å². The molecule has 0 aliphatic rings. The van der Waals surface area contributed by atoms with Crippen molar-refractivity contribution in [2.75, 3.05) is 13.6 Å². The monoisotopic (exact) mass is 309 g/mol. The van der Waals surface area contributed by atoms with Gasteiger partial charge >= 0.3 is 6.18 Å². The Balaban J connectivity index is 2.33. The van der Waals surface area contributed by atoms with Crippen molar-refractivity contribution in [2.24, 2.45) is 0 Å². The summed E-state index contributed by atoms with van der Waals surface area (Å²) in [5, 5.41) is 1.66. The Morgan fingerprint density at radius 2 is 1.50 bits per heavy atom. The lowest BCUT2D eigenvalue weighted by Crippen LogP contribution is -2.22. The van der Waals surface area contributed by atoms with Crippen molar-refractivity contribution in [3.63, 3.8) is 0 Å². The molecule has 22 heavy (non-hydrogen) atoms. The molecule has 0 bridgehead atoms. The summed E-state index contributed by atoms with van der Waals surface area (Å²) in [6, 6.07) is 14.5. The van der Waals surface area contributed by atoms with Gasteiger partial charge in [-0.1, -0.05) is 49.4 Å². The minimum absolute atomic E-state index is 0.437. The van der Waals surface area contributed by atoms with Gasteiger partial charge in [0.15, 0.2) is 0 Å². The van der Waals surface area contributed by atoms with E-state index in [1.54, 1.807) is 12.1 Å². The first kappa shape index (κ1) is 16.5. The molecule has 1 atom stereocenters. The van der Waals surface area contributed by atoms with E-state index in [4.69, 9.17) is 4.84 Å². The third-order valence-electron chi connectivity index (χ3n) is 3.37. The summed E-state index contributed by atoms with van der Waals surface area (Å²) in [7, 11) is 1.79. The normalized spacial score (nSPS) is 13.4. The van der Waals surface area contributed by atoms with Gasteiger partial charge in [-0.15, -0.1) is 0 Å². The second kappa shape index (κ2) is 6.94. The zero-order chi connectivity index (χ0) is 16.2. The third-order valence-corrected chi connectivity index (χ3v) is 3.37. The molecule has 2 rings (SSSR count). The number of hydrogen-bond acceptors (Lipinski definition) is 2. The Hall–Kier alpha value is -1.85. The van der Waals surface area contributed by atoms with E-state index in [0.29, 0.717) is 12.1 Å². The SMILES string of the molecule is CCN(C)OC(c1ccccc1)c1ccc(C(F)(F)F)cc1. The lowest BCUT2D eigenvalue weighted by molar-refractivity contribution is -0.168. The number of benzene rings is 2. The molecule has 2 nitrogen and oxygen atoms in total. The van der Waals surface area contributed by atoms with E-state index in [1.165, 1.54) is 12.1 Å². The molecule has 0 fully saturated rings. The number of hydrogen-bond donors (Lipinski definition) is 0. The van der Waals surface area contributed by atoms with Crippen LogP contribution in [0.15, 0.2) is 54.6 Å². The molecule has 1 unspecified atom stereocenters. The largest absolute Gasteiger partial charge is 0.416 e. The Labute approximate surface area is 128 Å². The van der Waals surface area contributed by atoms with E-state index in [-0.39, 0.29) is 0 Å². The van der Waals surface area contributed by atoms with Crippen LogP contribution < -0.4 is 0 Å². The van der Waals surface area contributed by atoms with Crippen LogP contribution in [0.2, 0.25) is 0 Å². The van der Waals surface area contributed by atoms with Crippen LogP contribution in [-0.2, 0) is 11.0 Å². The van der Waals surface area contributed by atoms with Crippen LogP contribution in [0.5, 0.6) is 0 Å². The number of rotatable bonds is 5. The quantitative estimate of drug-likeness (QED) is 0.744. The van der Waals surface area contributed by atoms with Gasteiger partial charge in [-0.05, 0) is 23.3 Å². The van der Waals surface area contributed by atoms with Crippen molar-refractivity contribution in [1.29, 1.82) is 0 Å². The Morgan fingerprint density at radius 3 is 2.00 bits per heavy atom. The van der Waals surface area contributed by atoms with Crippen LogP contribution in [0, 0.1) is 0 Å². The summed E-state index contributed by atoms with van der Waals surface area (Å²) < 4.78 is 38.0. The molecule has 0 spiro atoms. The van der Waals surface area contributed by atoms with Crippen molar-refractivity contribution < 1.29 is 18.0 Å². The molecule has 5 heteroatoms. The van der Waals surface area contributed by atoms with Crippen molar-refractivity contribution in [2.45, 2.75) is 19.2 Å². The van der Waals surface area contributed by atoms with Gasteiger partial charge in [0, 0.05) is 13.6 Å². The van der Waals surface area contributed by atoms with E-state index in [0.717, 1.165) is 17.7 Å². The van der Waals surface area contributed by atoms with Gasteiger partial charge in [0.1, 0.15) is 6.10 Å². The predicted octanol–water partition coefficient (Wildman–Crippen LogP) is 4.68. The van der Waals surface area contributed by atoms with Crippen molar-refractivity contribution in [1.82, 2.24) is 5.06 Å². The molecular formula is C17H18F3NO. The summed E-state index contributed by atoms with van der Waals surface area (Å²) >= 11 is 0. The molecule has 118 valence electrons. The van der Waals surface area contributed by atoms with Gasteiger partial charge in [-0.25, -0.2) is 0 Å². The fourth-order valence-electron chi connectivity index (χ4n) is 2.04. The fraction of sp³-hybridized carbons (Fsp3) is 0.294. The lowest BCUT2D eigenvalue weighted by Gasteiger charge is -2.24. The highest BCUT2D eigenvalue weighted by molar-refractivity contribution is 5.32. The summed E-state index contributed by atoms with van der Waals surface area (Å²) in [6.07, 6.45) is -4.77. The summed E-state index contributed by atoms with van der Waals surface area (Å²) in [6.45, 7) is 2.61. The maximum absolute atomic E-state index is 12.7. The van der Waals surface area contributed by atoms with Gasteiger partial charge in [0.2, 0.25) is 0 Å². The van der Waals surface area contributed by atoms with Gasteiger partial charge in [-0.2, -0.15) is 18.2 Å². The molecular weight excluding hydrogens is 291 g/mol. The maximum Gasteiger partial charge on any atom is 0.416 e. The molecule has 0 radical (unpaired) electrons. The Morgan fingerprint density at radius 1 is 0.955 bits per heavy atom. The van der Waals surface area contributed by atoms with Gasteiger partial charge in [0.05, 0.1) is 5.56 Å². The summed E-state index contributed by atoms with van der Waals surface area (Å²) in [5.74, 6) is 0. The fourth-order valence-corrected chi connectivity index (χ4v) is 2.04. The first-order chi connectivity index (χ1) is 10.4. The predicted molar refractivity (Wildman–Crippen MR) is 79.1 cm³/mol. The van der Waals surface area contributed by atoms with E-state index in [9.17, 15) is 13.2 Å². The second-order valence-electron chi connectivity index (χ2n) is 4.96. The highest BCUT2D eigenvalue weighted by Crippen LogP contribution is 2.32. The number of nitrogens with zero attached hydrogens (tertiary/aromatic N) is 1. The molecule has 0 aromatic heterocycles. The highest BCUT2D eigenvalue weighted by Gasteiger charge is 2.30. The van der Waals surface area contributed by atoms with E-state index in [1.807, 2.05) is 37.3 Å². The minimum Gasteiger partial charge on any atom is -0.286 e. The van der Waals surface area contributed by atoms with E-state index >= 15 is 0 Å². The van der Waals surface area contributed by atoms with Crippen molar-refractivity contribution in [3.8, 4) is 0 Å². The van der Waals surface area contributed by atoms with Gasteiger partial charge in [0.25, 0.3) is 0 Å². The topological polar surface area (TPSA) is 12.5 Å². The standard InChI is InChI=1S/C17H18F3NO/c1-3-21(2)22-16(13-7-5-4-6-8-13)14-9-11-15(12-10-14)17(18,19)20/h4-12,16H,3H2,1-2H3. The smallest absolute Gasteiger partial charge is 0.286 e. The highest BCUT2D eigenvalue weighted by atomic mass is 19.4. The van der Waals surface area contributed by atoms with Gasteiger partial charge in [-0.3, -0.25) is 4.84 Å². The van der Waals surface area contributed by atoms with Crippen molar-refractivity contribution in [3.05, 3.63) is 71.3 Å². The Kier molecular flexibility index (Phi) is 5.21. The molecule has 0 saturated heterocycles. The first-order valence-electron chi connectivity index (χ1n) is 7.02. The van der Waals surface area contributed by atoms with Crippen LogP contribution in [0.25, 0.3) is 0 Å². The summed E-state index contributed by atoms with van der Waals surface area (Å²) in [5.41, 5.74) is 0.911. The second-order valence-corrected chi connectivity index (χ2v) is 4.96. The molecule has 0 heterocycles. The molecule has 0 aliphatic heterocycles. The number of halogens is 3. The summed E-state index contributed by atoms with van der Waals surface area (Å²) in [4.78, 5) is 5.85. The zero-order valence-corrected chi connectivity index (χ0v) is 12.5.